The van der Waals surface area contributed by atoms with Crippen LogP contribution in [0.3, 0.4) is 0 Å². The molecule has 0 rings (SSSR count). The first-order chi connectivity index (χ1) is 9.12. The Bertz CT molecular complexity index is 303. The van der Waals surface area contributed by atoms with Gasteiger partial charge in [-0.15, -0.1) is 0 Å². The number of hydrogen-bond acceptors (Lipinski definition) is 5. The molecule has 0 aliphatic carbocycles. The summed E-state index contributed by atoms with van der Waals surface area (Å²) in [5.41, 5.74) is 10.2. The second-order valence-electron chi connectivity index (χ2n) is 5.08. The zero-order chi connectivity index (χ0) is 16.2. The molecule has 0 aromatic carbocycles. The highest BCUT2D eigenvalue weighted by Crippen LogP contribution is 2.19. The van der Waals surface area contributed by atoms with Crippen molar-refractivity contribution in [2.75, 3.05) is 24.6 Å². The van der Waals surface area contributed by atoms with E-state index in [1.165, 1.54) is 0 Å². The van der Waals surface area contributed by atoms with Crippen molar-refractivity contribution in [1.82, 2.24) is 5.32 Å². The third-order valence-electron chi connectivity index (χ3n) is 1.86. The standard InChI is InChI=1S/C9H20N2OS2.C4H7NO/c1-9(2,3)8(12)11-5-7-14-13-6-4-10;1-3(2)4(5)6/h4-7,10H2,1-3H3,(H,11,12);1H2,2H3,(H2,5,6). The van der Waals surface area contributed by atoms with Crippen LogP contribution in [-0.2, 0) is 9.59 Å². The number of carbonyl (C=O) groups is 2. The fraction of sp³-hybridized carbons (Fsp3) is 0.692. The number of carbonyl (C=O) groups excluding carboxylic acids is 2. The predicted molar refractivity (Wildman–Crippen MR) is 90.4 cm³/mol. The molecule has 0 aromatic rings. The average molecular weight is 322 g/mol. The lowest BCUT2D eigenvalue weighted by molar-refractivity contribution is -0.128. The number of nitrogens with one attached hydrogen (secondary N) is 1. The molecule has 0 saturated heterocycles. The molecule has 0 spiro atoms. The first-order valence-corrected chi connectivity index (χ1v) is 8.79. The van der Waals surface area contributed by atoms with Gasteiger partial charge in [0.05, 0.1) is 0 Å². The van der Waals surface area contributed by atoms with Crippen molar-refractivity contribution in [3.05, 3.63) is 12.2 Å². The third-order valence-corrected chi connectivity index (χ3v) is 4.30. The predicted octanol–water partition coefficient (Wildman–Crippen LogP) is 1.54. The van der Waals surface area contributed by atoms with Crippen LogP contribution in [-0.4, -0.2) is 36.4 Å². The lowest BCUT2D eigenvalue weighted by Crippen LogP contribution is -2.35. The van der Waals surface area contributed by atoms with Crippen LogP contribution in [0.2, 0.25) is 0 Å². The Morgan fingerprint density at radius 2 is 1.65 bits per heavy atom. The van der Waals surface area contributed by atoms with E-state index in [1.54, 1.807) is 28.5 Å². The lowest BCUT2D eigenvalue weighted by atomic mass is 9.96. The van der Waals surface area contributed by atoms with Crippen molar-refractivity contribution < 1.29 is 9.59 Å². The first kappa shape index (κ1) is 21.6. The van der Waals surface area contributed by atoms with Gasteiger partial charge in [0.2, 0.25) is 11.8 Å². The maximum atomic E-state index is 11.4. The molecule has 118 valence electrons. The highest BCUT2D eigenvalue weighted by atomic mass is 33.1. The fourth-order valence-electron chi connectivity index (χ4n) is 0.637. The molecule has 0 aromatic heterocycles. The number of rotatable bonds is 7. The van der Waals surface area contributed by atoms with Gasteiger partial charge in [0, 0.05) is 35.6 Å². The molecule has 0 aliphatic heterocycles. The summed E-state index contributed by atoms with van der Waals surface area (Å²) in [5.74, 6) is 1.58. The van der Waals surface area contributed by atoms with Gasteiger partial charge in [-0.25, -0.2) is 0 Å². The van der Waals surface area contributed by atoms with Gasteiger partial charge in [-0.05, 0) is 6.92 Å². The van der Waals surface area contributed by atoms with Crippen molar-refractivity contribution in [2.45, 2.75) is 27.7 Å². The Labute approximate surface area is 130 Å². The molecule has 0 fully saturated rings. The van der Waals surface area contributed by atoms with E-state index in [4.69, 9.17) is 11.5 Å². The van der Waals surface area contributed by atoms with E-state index in [0.29, 0.717) is 12.1 Å². The molecule has 0 atom stereocenters. The number of hydrogen-bond donors (Lipinski definition) is 3. The third kappa shape index (κ3) is 15.4. The van der Waals surface area contributed by atoms with Crippen LogP contribution in [0, 0.1) is 5.41 Å². The number of amides is 2. The Morgan fingerprint density at radius 3 is 2.00 bits per heavy atom. The van der Waals surface area contributed by atoms with Crippen LogP contribution in [0.1, 0.15) is 27.7 Å². The smallest absolute Gasteiger partial charge is 0.243 e. The molecule has 20 heavy (non-hydrogen) atoms. The zero-order valence-electron chi connectivity index (χ0n) is 12.8. The zero-order valence-corrected chi connectivity index (χ0v) is 14.5. The van der Waals surface area contributed by atoms with E-state index in [1.807, 2.05) is 20.8 Å². The lowest BCUT2D eigenvalue weighted by Gasteiger charge is -2.17. The molecule has 0 radical (unpaired) electrons. The summed E-state index contributed by atoms with van der Waals surface area (Å²) < 4.78 is 0. The van der Waals surface area contributed by atoms with Crippen molar-refractivity contribution in [2.24, 2.45) is 16.9 Å². The van der Waals surface area contributed by atoms with Crippen LogP contribution < -0.4 is 16.8 Å². The van der Waals surface area contributed by atoms with Crippen LogP contribution in [0.4, 0.5) is 0 Å². The van der Waals surface area contributed by atoms with Crippen molar-refractivity contribution in [3.8, 4) is 0 Å². The minimum absolute atomic E-state index is 0.113. The molecular formula is C13H27N3O2S2. The van der Waals surface area contributed by atoms with Crippen molar-refractivity contribution >= 4 is 33.4 Å². The average Bonchev–Trinajstić information content (AvgIpc) is 2.32. The second-order valence-corrected chi connectivity index (χ2v) is 7.79. The Kier molecular flexibility index (Phi) is 13.1. The van der Waals surface area contributed by atoms with Gasteiger partial charge < -0.3 is 16.8 Å². The molecule has 0 aliphatic rings. The summed E-state index contributed by atoms with van der Waals surface area (Å²) in [5, 5.41) is 2.90. The number of primary amides is 1. The normalized spacial score (nSPS) is 10.2. The molecule has 0 unspecified atom stereocenters. The summed E-state index contributed by atoms with van der Waals surface area (Å²) in [6, 6.07) is 0. The molecule has 5 nitrogen and oxygen atoms in total. The van der Waals surface area contributed by atoms with Crippen molar-refractivity contribution in [3.63, 3.8) is 0 Å². The second kappa shape index (κ2) is 12.1. The molecule has 0 heterocycles. The van der Waals surface area contributed by atoms with E-state index in [2.05, 4.69) is 11.9 Å². The topological polar surface area (TPSA) is 98.2 Å². The molecular weight excluding hydrogens is 294 g/mol. The number of nitrogens with two attached hydrogens (primary N) is 2. The van der Waals surface area contributed by atoms with Gasteiger partial charge in [-0.3, -0.25) is 9.59 Å². The summed E-state index contributed by atoms with van der Waals surface area (Å²) >= 11 is 0. The summed E-state index contributed by atoms with van der Waals surface area (Å²) in [7, 11) is 3.51. The maximum Gasteiger partial charge on any atom is 0.243 e. The monoisotopic (exact) mass is 321 g/mol. The van der Waals surface area contributed by atoms with Gasteiger partial charge in [-0.1, -0.05) is 48.9 Å². The summed E-state index contributed by atoms with van der Waals surface area (Å²) in [4.78, 5) is 21.2. The van der Waals surface area contributed by atoms with E-state index < -0.39 is 5.91 Å². The van der Waals surface area contributed by atoms with Gasteiger partial charge in [0.15, 0.2) is 0 Å². The molecule has 0 bridgehead atoms. The fourth-order valence-corrected chi connectivity index (χ4v) is 2.40. The Hall–Kier alpha value is -0.660. The van der Waals surface area contributed by atoms with Gasteiger partial charge in [0.25, 0.3) is 0 Å². The van der Waals surface area contributed by atoms with Gasteiger partial charge in [-0.2, -0.15) is 0 Å². The molecule has 2 amide bonds. The Balaban J connectivity index is 0. The van der Waals surface area contributed by atoms with E-state index in [0.717, 1.165) is 18.1 Å². The van der Waals surface area contributed by atoms with Crippen LogP contribution in [0.25, 0.3) is 0 Å². The quantitative estimate of drug-likeness (QED) is 0.375. The minimum atomic E-state index is -0.435. The SMILES string of the molecule is C=C(C)C(N)=O.CC(C)(C)C(=O)NCCSSCCN. The highest BCUT2D eigenvalue weighted by Gasteiger charge is 2.19. The van der Waals surface area contributed by atoms with Gasteiger partial charge >= 0.3 is 0 Å². The van der Waals surface area contributed by atoms with Crippen LogP contribution >= 0.6 is 21.6 Å². The van der Waals surface area contributed by atoms with Crippen molar-refractivity contribution in [1.29, 1.82) is 0 Å². The molecule has 5 N–H and O–H groups in total. The van der Waals surface area contributed by atoms with Crippen LogP contribution in [0.15, 0.2) is 12.2 Å². The van der Waals surface area contributed by atoms with E-state index in [9.17, 15) is 9.59 Å². The first-order valence-electron chi connectivity index (χ1n) is 6.31. The van der Waals surface area contributed by atoms with Gasteiger partial charge in [0.1, 0.15) is 0 Å². The summed E-state index contributed by atoms with van der Waals surface area (Å²) in [6.07, 6.45) is 0. The molecule has 0 saturated carbocycles. The highest BCUT2D eigenvalue weighted by molar-refractivity contribution is 8.76. The van der Waals surface area contributed by atoms with E-state index in [-0.39, 0.29) is 11.3 Å². The van der Waals surface area contributed by atoms with E-state index >= 15 is 0 Å². The van der Waals surface area contributed by atoms with Crippen LogP contribution in [0.5, 0.6) is 0 Å². The summed E-state index contributed by atoms with van der Waals surface area (Å²) in [6.45, 7) is 12.0. The molecule has 7 heteroatoms. The maximum absolute atomic E-state index is 11.4. The Morgan fingerprint density at radius 1 is 1.20 bits per heavy atom. The minimum Gasteiger partial charge on any atom is -0.366 e. The largest absolute Gasteiger partial charge is 0.366 e.